The average molecular weight is 545 g/mol. The van der Waals surface area contributed by atoms with Gasteiger partial charge in [-0.25, -0.2) is 4.79 Å². The maximum absolute atomic E-state index is 13.6. The number of carbonyl (C=O) groups excluding carboxylic acids is 2. The number of carbonyl (C=O) groups is 2. The molecule has 39 heavy (non-hydrogen) atoms. The molecule has 2 aliphatic rings. The minimum Gasteiger partial charge on any atom is -0.466 e. The normalized spacial score (nSPS) is 26.9. The Balaban J connectivity index is 1.86. The molecule has 0 saturated carbocycles. The molecule has 4 rings (SSSR count). The zero-order valence-corrected chi connectivity index (χ0v) is 23.1. The second kappa shape index (κ2) is 11.9. The molecule has 5 atom stereocenters. The smallest absolute Gasteiger partial charge is 0.342 e. The Morgan fingerprint density at radius 3 is 2.64 bits per heavy atom. The van der Waals surface area contributed by atoms with Gasteiger partial charge in [0, 0.05) is 37.0 Å². The molecular formula is C29H36O10. The van der Waals surface area contributed by atoms with Crippen molar-refractivity contribution in [2.24, 2.45) is 5.92 Å². The van der Waals surface area contributed by atoms with Gasteiger partial charge in [0.2, 0.25) is 0 Å². The Bertz CT molecular complexity index is 1260. The van der Waals surface area contributed by atoms with Crippen LogP contribution in [0, 0.1) is 5.92 Å². The highest BCUT2D eigenvalue weighted by Gasteiger charge is 2.45. The Labute approximate surface area is 227 Å². The molecule has 10 heteroatoms. The lowest BCUT2D eigenvalue weighted by Gasteiger charge is -2.25. The molecule has 1 fully saturated rings. The number of aliphatic hydroxyl groups is 1. The predicted molar refractivity (Wildman–Crippen MR) is 141 cm³/mol. The van der Waals surface area contributed by atoms with Crippen molar-refractivity contribution in [3.8, 4) is 5.75 Å². The molecule has 10 nitrogen and oxygen atoms in total. The van der Waals surface area contributed by atoms with Crippen LogP contribution in [0.4, 0.5) is 0 Å². The highest BCUT2D eigenvalue weighted by molar-refractivity contribution is 6.04. The second-order valence-corrected chi connectivity index (χ2v) is 10.2. The van der Waals surface area contributed by atoms with Crippen molar-refractivity contribution < 1.29 is 47.5 Å². The van der Waals surface area contributed by atoms with Gasteiger partial charge in [0.25, 0.3) is 0 Å². The van der Waals surface area contributed by atoms with Crippen LogP contribution in [0.2, 0.25) is 0 Å². The molecule has 3 heterocycles. The number of hydrogen-bond acceptors (Lipinski definition) is 10. The fraction of sp³-hybridized carbons (Fsp3) is 0.517. The summed E-state index contributed by atoms with van der Waals surface area (Å²) in [6.07, 6.45) is 5.36. The molecule has 0 amide bonds. The summed E-state index contributed by atoms with van der Waals surface area (Å²) in [4.78, 5) is 25.6. The van der Waals surface area contributed by atoms with Crippen LogP contribution in [0.3, 0.4) is 0 Å². The number of furan rings is 1. The summed E-state index contributed by atoms with van der Waals surface area (Å²) in [5.41, 5.74) is 1.14. The summed E-state index contributed by atoms with van der Waals surface area (Å²) in [5, 5.41) is 10.3. The number of methoxy groups -OCH3 is 1. The molecule has 1 aromatic heterocycles. The van der Waals surface area contributed by atoms with Gasteiger partial charge in [-0.15, -0.1) is 0 Å². The fourth-order valence-electron chi connectivity index (χ4n) is 4.76. The van der Waals surface area contributed by atoms with Crippen molar-refractivity contribution in [2.45, 2.75) is 77.8 Å². The van der Waals surface area contributed by atoms with E-state index in [1.165, 1.54) is 14.0 Å². The third-order valence-electron chi connectivity index (χ3n) is 6.71. The first kappa shape index (κ1) is 28.8. The van der Waals surface area contributed by atoms with Crippen molar-refractivity contribution in [3.05, 3.63) is 47.2 Å². The molecule has 0 aliphatic carbocycles. The first-order valence-electron chi connectivity index (χ1n) is 12.9. The number of rotatable bonds is 5. The van der Waals surface area contributed by atoms with Crippen molar-refractivity contribution in [2.75, 3.05) is 13.9 Å². The lowest BCUT2D eigenvalue weighted by atomic mass is 9.97. The second-order valence-electron chi connectivity index (χ2n) is 10.2. The number of fused-ring (bicyclic) bond motifs is 4. The van der Waals surface area contributed by atoms with Gasteiger partial charge in [0.1, 0.15) is 47.6 Å². The Morgan fingerprint density at radius 2 is 1.95 bits per heavy atom. The molecule has 0 spiro atoms. The highest BCUT2D eigenvalue weighted by Crippen LogP contribution is 2.37. The van der Waals surface area contributed by atoms with Crippen molar-refractivity contribution >= 4 is 29.0 Å². The van der Waals surface area contributed by atoms with Crippen LogP contribution < -0.4 is 4.74 Å². The summed E-state index contributed by atoms with van der Waals surface area (Å²) >= 11 is 0. The fourth-order valence-corrected chi connectivity index (χ4v) is 4.76. The first-order valence-corrected chi connectivity index (χ1v) is 12.9. The van der Waals surface area contributed by atoms with E-state index < -0.39 is 42.1 Å². The van der Waals surface area contributed by atoms with Gasteiger partial charge >= 0.3 is 11.9 Å². The van der Waals surface area contributed by atoms with Gasteiger partial charge in [-0.2, -0.15) is 0 Å². The molecule has 1 aromatic carbocycles. The Morgan fingerprint density at radius 1 is 1.18 bits per heavy atom. The summed E-state index contributed by atoms with van der Waals surface area (Å²) in [6, 6.07) is 3.27. The molecule has 0 radical (unpaired) electrons. The maximum atomic E-state index is 13.6. The van der Waals surface area contributed by atoms with Crippen LogP contribution >= 0.6 is 0 Å². The predicted octanol–water partition coefficient (Wildman–Crippen LogP) is 4.51. The number of hydrogen-bond donors (Lipinski definition) is 1. The average Bonchev–Trinajstić information content (AvgIpc) is 3.43. The van der Waals surface area contributed by atoms with Gasteiger partial charge in [0.15, 0.2) is 12.6 Å². The van der Waals surface area contributed by atoms with E-state index in [-0.39, 0.29) is 30.6 Å². The van der Waals surface area contributed by atoms with E-state index in [0.717, 1.165) is 0 Å². The number of benzene rings is 1. The number of ether oxygens (including phenoxy) is 6. The summed E-state index contributed by atoms with van der Waals surface area (Å²) in [6.45, 7) is 8.24. The van der Waals surface area contributed by atoms with Crippen molar-refractivity contribution in [1.82, 2.24) is 0 Å². The number of aliphatic hydroxyl groups excluding tert-OH is 1. The Kier molecular flexibility index (Phi) is 8.80. The molecule has 1 unspecified atom stereocenters. The molecule has 1 saturated heterocycles. The van der Waals surface area contributed by atoms with Crippen LogP contribution in [0.15, 0.2) is 34.8 Å². The third-order valence-corrected chi connectivity index (χ3v) is 6.71. The zero-order chi connectivity index (χ0) is 28.3. The molecule has 1 N–H and O–H groups in total. The van der Waals surface area contributed by atoms with Gasteiger partial charge in [-0.05, 0) is 39.3 Å². The van der Waals surface area contributed by atoms with E-state index in [1.807, 2.05) is 32.9 Å². The Hall–Kier alpha value is -3.18. The maximum Gasteiger partial charge on any atom is 0.342 e. The van der Waals surface area contributed by atoms with Crippen molar-refractivity contribution in [3.63, 3.8) is 0 Å². The van der Waals surface area contributed by atoms with Gasteiger partial charge < -0.3 is 37.9 Å². The highest BCUT2D eigenvalue weighted by atomic mass is 16.8. The zero-order valence-electron chi connectivity index (χ0n) is 23.1. The number of esters is 2. The largest absolute Gasteiger partial charge is 0.466 e. The van der Waals surface area contributed by atoms with Crippen LogP contribution in [0.5, 0.6) is 5.75 Å². The van der Waals surface area contributed by atoms with E-state index >= 15 is 0 Å². The quantitative estimate of drug-likeness (QED) is 0.327. The minimum atomic E-state index is -0.895. The van der Waals surface area contributed by atoms with Crippen molar-refractivity contribution in [1.29, 1.82) is 0 Å². The summed E-state index contributed by atoms with van der Waals surface area (Å²) in [7, 11) is 1.48. The standard InChI is InChI=1S/C29H36O10/c1-16-10-11-22(36-18(3)31)27-23(38-29(4,5)39-27)9-7-8-20-21-12-19(14-30)37-24(21)13-25(34-15-33-6)26(20)28(32)35-17(16)2/h7-8,10-13,16-17,22-23,27,30H,9,14-15H2,1-6H3/t16-,17+,22?,23+,27-/m1/s1. The van der Waals surface area contributed by atoms with Crippen LogP contribution in [0.1, 0.15) is 62.7 Å². The van der Waals surface area contributed by atoms with Gasteiger partial charge in [-0.3, -0.25) is 4.79 Å². The first-order chi connectivity index (χ1) is 18.5. The van der Waals surface area contributed by atoms with Crippen LogP contribution in [0.25, 0.3) is 17.0 Å². The summed E-state index contributed by atoms with van der Waals surface area (Å²) in [5.74, 6) is -1.60. The SMILES string of the molecule is COCOc1cc2oc(CO)cc2c2c1C(=O)O[C@@H](C)[C@H](C)C=CC(OC(C)=O)[C@H]1OC(C)(C)O[C@H]1CC=C2. The van der Waals surface area contributed by atoms with Crippen LogP contribution in [-0.4, -0.2) is 61.2 Å². The van der Waals surface area contributed by atoms with E-state index in [0.29, 0.717) is 28.7 Å². The molecule has 212 valence electrons. The van der Waals surface area contributed by atoms with E-state index in [4.69, 9.17) is 32.8 Å². The molecule has 2 aliphatic heterocycles. The van der Waals surface area contributed by atoms with Crippen LogP contribution in [-0.2, 0) is 35.1 Å². The van der Waals surface area contributed by atoms with E-state index in [1.54, 1.807) is 31.2 Å². The molecule has 0 bridgehead atoms. The third kappa shape index (κ3) is 6.52. The van der Waals surface area contributed by atoms with Gasteiger partial charge in [0.05, 0.1) is 6.10 Å². The topological polar surface area (TPSA) is 123 Å². The number of cyclic esters (lactones) is 1. The lowest BCUT2D eigenvalue weighted by molar-refractivity contribution is -0.165. The van der Waals surface area contributed by atoms with E-state index in [9.17, 15) is 14.7 Å². The molecule has 2 aromatic rings. The molecular weight excluding hydrogens is 508 g/mol. The minimum absolute atomic E-state index is 0.0985. The lowest BCUT2D eigenvalue weighted by Crippen LogP contribution is -2.37. The van der Waals surface area contributed by atoms with Gasteiger partial charge in [-0.1, -0.05) is 25.2 Å². The van der Waals surface area contributed by atoms with E-state index in [2.05, 4.69) is 0 Å². The monoisotopic (exact) mass is 544 g/mol. The summed E-state index contributed by atoms with van der Waals surface area (Å²) < 4.78 is 40.5.